The molecule has 1 amide bonds. The fraction of sp³-hybridized carbons (Fsp3) is 0.333. The average Bonchev–Trinajstić information content (AvgIpc) is 2.60. The van der Waals surface area contributed by atoms with Gasteiger partial charge in [0.2, 0.25) is 0 Å². The fourth-order valence-electron chi connectivity index (χ4n) is 2.98. The fourth-order valence-corrected chi connectivity index (χ4v) is 2.98. The first-order chi connectivity index (χ1) is 12.3. The van der Waals surface area contributed by atoms with Crippen molar-refractivity contribution in [3.8, 4) is 5.75 Å². The number of amides is 1. The molecule has 0 saturated heterocycles. The van der Waals surface area contributed by atoms with E-state index in [0.717, 1.165) is 16.8 Å². The van der Waals surface area contributed by atoms with Crippen molar-refractivity contribution in [3.63, 3.8) is 0 Å². The van der Waals surface area contributed by atoms with Crippen molar-refractivity contribution in [3.05, 3.63) is 59.2 Å². The van der Waals surface area contributed by atoms with E-state index in [1.165, 1.54) is 0 Å². The minimum absolute atomic E-state index is 0.0925. The molecule has 0 unspecified atom stereocenters. The highest BCUT2D eigenvalue weighted by Gasteiger charge is 2.40. The molecular weight excluding hydrogens is 330 g/mol. The Hall–Kier alpha value is -2.82. The Bertz CT molecular complexity index is 840. The Balaban J connectivity index is 1.90. The lowest BCUT2D eigenvalue weighted by Gasteiger charge is -2.39. The maximum atomic E-state index is 12.9. The Kier molecular flexibility index (Phi) is 4.72. The first-order valence-corrected chi connectivity index (χ1v) is 8.69. The van der Waals surface area contributed by atoms with Crippen LogP contribution in [0.3, 0.4) is 0 Å². The van der Waals surface area contributed by atoms with E-state index in [2.05, 4.69) is 0 Å². The third-order valence-electron chi connectivity index (χ3n) is 4.34. The van der Waals surface area contributed by atoms with E-state index in [9.17, 15) is 9.59 Å². The summed E-state index contributed by atoms with van der Waals surface area (Å²) in [5, 5.41) is 0. The quantitative estimate of drug-likeness (QED) is 0.783. The molecule has 0 bridgehead atoms. The highest BCUT2D eigenvalue weighted by molar-refractivity contribution is 6.02. The van der Waals surface area contributed by atoms with Crippen LogP contribution in [0.5, 0.6) is 5.75 Å². The van der Waals surface area contributed by atoms with Crippen LogP contribution in [-0.2, 0) is 16.1 Å². The smallest absolute Gasteiger partial charge is 0.338 e. The number of hydrogen-bond acceptors (Lipinski definition) is 4. The molecule has 5 heteroatoms. The number of benzene rings is 2. The van der Waals surface area contributed by atoms with Gasteiger partial charge in [0.25, 0.3) is 5.91 Å². The summed E-state index contributed by atoms with van der Waals surface area (Å²) in [6.45, 7) is 8.05. The highest BCUT2D eigenvalue weighted by Crippen LogP contribution is 2.39. The van der Waals surface area contributed by atoms with Gasteiger partial charge in [0.1, 0.15) is 5.75 Å². The maximum absolute atomic E-state index is 12.9. The molecule has 0 aromatic heterocycles. The van der Waals surface area contributed by atoms with Crippen molar-refractivity contribution < 1.29 is 19.1 Å². The van der Waals surface area contributed by atoms with Gasteiger partial charge in [-0.25, -0.2) is 4.79 Å². The van der Waals surface area contributed by atoms with E-state index in [4.69, 9.17) is 9.47 Å². The molecular formula is C21H23NO4. The number of anilines is 1. The number of carbonyl (C=O) groups is 2. The first kappa shape index (κ1) is 18.0. The van der Waals surface area contributed by atoms with Gasteiger partial charge in [0.05, 0.1) is 24.4 Å². The number of rotatable bonds is 4. The summed E-state index contributed by atoms with van der Waals surface area (Å²) in [4.78, 5) is 26.4. The minimum Gasteiger partial charge on any atom is -0.476 e. The molecule has 0 saturated carbocycles. The summed E-state index contributed by atoms with van der Waals surface area (Å²) in [5.41, 5.74) is 2.33. The molecule has 2 aromatic rings. The van der Waals surface area contributed by atoms with E-state index in [-0.39, 0.29) is 11.9 Å². The van der Waals surface area contributed by atoms with Crippen molar-refractivity contribution in [2.45, 2.75) is 39.8 Å². The van der Waals surface area contributed by atoms with E-state index in [1.54, 1.807) is 37.8 Å². The van der Waals surface area contributed by atoms with Gasteiger partial charge in [0, 0.05) is 0 Å². The molecule has 0 radical (unpaired) electrons. The van der Waals surface area contributed by atoms with Crippen LogP contribution in [0.4, 0.5) is 5.69 Å². The second-order valence-corrected chi connectivity index (χ2v) is 6.89. The molecule has 5 nitrogen and oxygen atoms in total. The number of nitrogens with zero attached hydrogens (tertiary/aromatic N) is 1. The summed E-state index contributed by atoms with van der Waals surface area (Å²) in [6, 6.07) is 13.0. The third-order valence-corrected chi connectivity index (χ3v) is 4.34. The Morgan fingerprint density at radius 2 is 1.85 bits per heavy atom. The van der Waals surface area contributed by atoms with Crippen molar-refractivity contribution >= 4 is 17.6 Å². The SMILES string of the molecule is CCOC(=O)c1ccc(CN2C(=O)C(C)(C)Oc3ccc(C)cc32)cc1. The number of esters is 1. The van der Waals surface area contributed by atoms with Crippen LogP contribution in [0, 0.1) is 6.92 Å². The second kappa shape index (κ2) is 6.83. The normalized spacial score (nSPS) is 15.2. The summed E-state index contributed by atoms with van der Waals surface area (Å²) in [5.74, 6) is 0.261. The van der Waals surface area contributed by atoms with Gasteiger partial charge in [-0.1, -0.05) is 18.2 Å². The van der Waals surface area contributed by atoms with Gasteiger partial charge in [-0.15, -0.1) is 0 Å². The van der Waals surface area contributed by atoms with Gasteiger partial charge in [-0.2, -0.15) is 0 Å². The molecule has 0 spiro atoms. The van der Waals surface area contributed by atoms with Gasteiger partial charge < -0.3 is 14.4 Å². The van der Waals surface area contributed by atoms with Crippen LogP contribution in [0.25, 0.3) is 0 Å². The van der Waals surface area contributed by atoms with E-state index < -0.39 is 5.60 Å². The number of hydrogen-bond donors (Lipinski definition) is 0. The monoisotopic (exact) mass is 353 g/mol. The molecule has 26 heavy (non-hydrogen) atoms. The summed E-state index contributed by atoms with van der Waals surface area (Å²) in [6.07, 6.45) is 0. The number of carbonyl (C=O) groups excluding carboxylic acids is 2. The molecule has 1 aliphatic heterocycles. The van der Waals surface area contributed by atoms with Gasteiger partial charge in [-0.3, -0.25) is 4.79 Å². The third kappa shape index (κ3) is 3.43. The average molecular weight is 353 g/mol. The molecule has 0 N–H and O–H groups in total. The molecule has 3 rings (SSSR count). The van der Waals surface area contributed by atoms with Crippen LogP contribution in [0.1, 0.15) is 42.3 Å². The summed E-state index contributed by atoms with van der Waals surface area (Å²) >= 11 is 0. The van der Waals surface area contributed by atoms with Crippen molar-refractivity contribution in [1.82, 2.24) is 0 Å². The van der Waals surface area contributed by atoms with Gasteiger partial charge >= 0.3 is 5.97 Å². The predicted molar refractivity (Wildman–Crippen MR) is 99.5 cm³/mol. The van der Waals surface area contributed by atoms with Crippen molar-refractivity contribution in [2.75, 3.05) is 11.5 Å². The zero-order valence-corrected chi connectivity index (χ0v) is 15.5. The summed E-state index contributed by atoms with van der Waals surface area (Å²) in [7, 11) is 0. The van der Waals surface area contributed by atoms with Crippen LogP contribution < -0.4 is 9.64 Å². The molecule has 1 aliphatic rings. The molecule has 0 fully saturated rings. The Labute approximate surface area is 153 Å². The van der Waals surface area contributed by atoms with E-state index >= 15 is 0 Å². The molecule has 0 aliphatic carbocycles. The lowest BCUT2D eigenvalue weighted by molar-refractivity contribution is -0.132. The maximum Gasteiger partial charge on any atom is 0.338 e. The predicted octanol–water partition coefficient (Wildman–Crippen LogP) is 3.88. The minimum atomic E-state index is -0.923. The van der Waals surface area contributed by atoms with Crippen molar-refractivity contribution in [1.29, 1.82) is 0 Å². The Morgan fingerprint density at radius 3 is 2.50 bits per heavy atom. The summed E-state index contributed by atoms with van der Waals surface area (Å²) < 4.78 is 10.9. The lowest BCUT2D eigenvalue weighted by atomic mass is 10.0. The molecule has 136 valence electrons. The number of fused-ring (bicyclic) bond motifs is 1. The number of aryl methyl sites for hydroxylation is 1. The number of ether oxygens (including phenoxy) is 2. The van der Waals surface area contributed by atoms with Crippen LogP contribution in [-0.4, -0.2) is 24.1 Å². The highest BCUT2D eigenvalue weighted by atomic mass is 16.5. The first-order valence-electron chi connectivity index (χ1n) is 8.69. The standard InChI is InChI=1S/C21H23NO4/c1-5-25-19(23)16-9-7-15(8-10-16)13-22-17-12-14(2)6-11-18(17)26-21(3,4)20(22)24/h6-12H,5,13H2,1-4H3. The second-order valence-electron chi connectivity index (χ2n) is 6.89. The molecule has 0 atom stereocenters. The zero-order valence-electron chi connectivity index (χ0n) is 15.5. The van der Waals surface area contributed by atoms with Gasteiger partial charge in [0.15, 0.2) is 5.60 Å². The Morgan fingerprint density at radius 1 is 1.15 bits per heavy atom. The van der Waals surface area contributed by atoms with Crippen molar-refractivity contribution in [2.24, 2.45) is 0 Å². The topological polar surface area (TPSA) is 55.8 Å². The van der Waals surface area contributed by atoms with Gasteiger partial charge in [-0.05, 0) is 63.1 Å². The van der Waals surface area contributed by atoms with Crippen LogP contribution >= 0.6 is 0 Å². The van der Waals surface area contributed by atoms with Crippen LogP contribution in [0.2, 0.25) is 0 Å². The molecule has 1 heterocycles. The van der Waals surface area contributed by atoms with Crippen LogP contribution in [0.15, 0.2) is 42.5 Å². The zero-order chi connectivity index (χ0) is 18.9. The van der Waals surface area contributed by atoms with E-state index in [1.807, 2.05) is 37.3 Å². The largest absolute Gasteiger partial charge is 0.476 e. The van der Waals surface area contributed by atoms with E-state index in [0.29, 0.717) is 24.5 Å². The lowest BCUT2D eigenvalue weighted by Crippen LogP contribution is -2.52. The molecule has 2 aromatic carbocycles.